The highest BCUT2D eigenvalue weighted by Crippen LogP contribution is 2.43. The Morgan fingerprint density at radius 1 is 0.390 bits per heavy atom. The van der Waals surface area contributed by atoms with Crippen molar-refractivity contribution in [2.75, 3.05) is 47.5 Å². The van der Waals surface area contributed by atoms with Crippen LogP contribution in [0.15, 0.2) is 85.1 Å². The molecule has 0 spiro atoms. The summed E-state index contributed by atoms with van der Waals surface area (Å²) in [5, 5.41) is 0. The minimum absolute atomic E-state index is 0.0191. The standard InChI is InChI=1S/C72H130NO8P/c1-6-8-10-12-14-16-18-20-22-24-25-26-27-28-29-30-31-32-33-34-35-36-37-38-39-40-41-42-43-44-45-46-47-49-50-52-54-56-58-60-62-64-71(74)78-68-70(69-80-82(76,77)79-67-66-73(3,4)5)81-72(75)65-63-61-59-57-55-53-51-48-23-21-19-17-15-13-11-9-7-2/h9,11,15,17-18,20-21,23-25,51,53,57,59,70H,6-8,10,12-14,16,19,22,26-50,52,54-56,58,60-69H2,1-5H3/p+1/b11-9-,17-15-,20-18-,23-21-,25-24-,53-51-,59-57-. The molecule has 2 unspecified atom stereocenters. The maximum Gasteiger partial charge on any atom is 0.472 e. The number of nitrogens with zero attached hydrogens (tertiary/aromatic N) is 1. The fourth-order valence-electron chi connectivity index (χ4n) is 9.67. The predicted octanol–water partition coefficient (Wildman–Crippen LogP) is 22.2. The molecule has 0 fully saturated rings. The van der Waals surface area contributed by atoms with Crippen LogP contribution in [0.2, 0.25) is 0 Å². The number of ether oxygens (including phenoxy) is 2. The molecule has 0 aliphatic heterocycles. The maximum absolute atomic E-state index is 12.8. The predicted molar refractivity (Wildman–Crippen MR) is 353 cm³/mol. The van der Waals surface area contributed by atoms with Gasteiger partial charge in [-0.2, -0.15) is 0 Å². The quantitative estimate of drug-likeness (QED) is 0.0211. The molecule has 0 aliphatic carbocycles. The number of phosphoric ester groups is 1. The van der Waals surface area contributed by atoms with E-state index in [0.29, 0.717) is 23.9 Å². The number of likely N-dealkylation sites (N-methyl/N-ethyl adjacent to an activating group) is 1. The van der Waals surface area contributed by atoms with Crippen molar-refractivity contribution in [1.29, 1.82) is 0 Å². The molecule has 10 heteroatoms. The number of phosphoric acid groups is 1. The first-order valence-corrected chi connectivity index (χ1v) is 35.8. The monoisotopic (exact) mass is 1170 g/mol. The molecule has 0 saturated carbocycles. The van der Waals surface area contributed by atoms with E-state index in [1.165, 1.54) is 212 Å². The third-order valence-electron chi connectivity index (χ3n) is 14.9. The van der Waals surface area contributed by atoms with Gasteiger partial charge in [-0.3, -0.25) is 18.6 Å². The average molecular weight is 1170 g/mol. The number of carbonyl (C=O) groups excluding carboxylic acids is 2. The lowest BCUT2D eigenvalue weighted by molar-refractivity contribution is -0.870. The van der Waals surface area contributed by atoms with Crippen molar-refractivity contribution in [3.63, 3.8) is 0 Å². The van der Waals surface area contributed by atoms with Crippen LogP contribution >= 0.6 is 7.82 Å². The Hall–Kier alpha value is -2.81. The lowest BCUT2D eigenvalue weighted by Gasteiger charge is -2.24. The molecule has 1 N–H and O–H groups in total. The number of allylic oxidation sites excluding steroid dienone is 14. The summed E-state index contributed by atoms with van der Waals surface area (Å²) >= 11 is 0. The summed E-state index contributed by atoms with van der Waals surface area (Å²) in [7, 11) is 1.44. The first-order valence-electron chi connectivity index (χ1n) is 34.3. The molecule has 9 nitrogen and oxygen atoms in total. The SMILES string of the molecule is CC/C=C\C/C=C\C/C=C\C/C=C\C/C=C\CCCC(=O)OC(COC(=O)CCCCCCCCCCCCCCCCCCCCCCCCCCCCCCC/C=C\C/C=C\CCCCCCC)COP(=O)(O)OCC[N+](C)(C)C. The van der Waals surface area contributed by atoms with Gasteiger partial charge in [0.15, 0.2) is 6.10 Å². The third kappa shape index (κ3) is 66.3. The molecular weight excluding hydrogens is 1040 g/mol. The van der Waals surface area contributed by atoms with E-state index >= 15 is 0 Å². The molecule has 0 aromatic carbocycles. The van der Waals surface area contributed by atoms with Crippen LogP contribution in [-0.2, 0) is 32.7 Å². The topological polar surface area (TPSA) is 108 Å². The zero-order valence-corrected chi connectivity index (χ0v) is 55.1. The zero-order valence-electron chi connectivity index (χ0n) is 54.2. The molecular formula is C72H131NO8P+. The van der Waals surface area contributed by atoms with Gasteiger partial charge in [-0.25, -0.2) is 4.57 Å². The van der Waals surface area contributed by atoms with Gasteiger partial charge in [0, 0.05) is 12.8 Å². The maximum atomic E-state index is 12.8. The van der Waals surface area contributed by atoms with Crippen molar-refractivity contribution in [3.05, 3.63) is 85.1 Å². The minimum atomic E-state index is -4.41. The fraction of sp³-hybridized carbons (Fsp3) is 0.778. The molecule has 476 valence electrons. The minimum Gasteiger partial charge on any atom is -0.462 e. The van der Waals surface area contributed by atoms with Crippen LogP contribution in [-0.4, -0.2) is 74.9 Å². The Bertz CT molecular complexity index is 1660. The Morgan fingerprint density at radius 2 is 0.707 bits per heavy atom. The summed E-state index contributed by atoms with van der Waals surface area (Å²) in [6, 6.07) is 0. The summed E-state index contributed by atoms with van der Waals surface area (Å²) < 4.78 is 34.5. The van der Waals surface area contributed by atoms with Crippen LogP contribution in [0.25, 0.3) is 0 Å². The molecule has 0 aliphatic rings. The second-order valence-electron chi connectivity index (χ2n) is 24.2. The van der Waals surface area contributed by atoms with E-state index in [2.05, 4.69) is 98.9 Å². The van der Waals surface area contributed by atoms with E-state index in [1.54, 1.807) is 0 Å². The van der Waals surface area contributed by atoms with Crippen molar-refractivity contribution < 1.29 is 42.1 Å². The van der Waals surface area contributed by atoms with Gasteiger partial charge in [-0.1, -0.05) is 298 Å². The summed E-state index contributed by atoms with van der Waals surface area (Å²) in [5.41, 5.74) is 0. The van der Waals surface area contributed by atoms with E-state index in [9.17, 15) is 19.0 Å². The number of hydrogen-bond acceptors (Lipinski definition) is 7. The Labute approximate surface area is 507 Å². The Kier molecular flexibility index (Phi) is 60.6. The van der Waals surface area contributed by atoms with Gasteiger partial charge in [0.25, 0.3) is 0 Å². The van der Waals surface area contributed by atoms with Gasteiger partial charge >= 0.3 is 19.8 Å². The van der Waals surface area contributed by atoms with Crippen LogP contribution in [0.5, 0.6) is 0 Å². The van der Waals surface area contributed by atoms with Gasteiger partial charge in [-0.05, 0) is 83.5 Å². The Balaban J connectivity index is 3.90. The first kappa shape index (κ1) is 79.2. The van der Waals surface area contributed by atoms with Crippen LogP contribution in [0, 0.1) is 0 Å². The molecule has 0 rings (SSSR count). The van der Waals surface area contributed by atoms with Crippen molar-refractivity contribution in [3.8, 4) is 0 Å². The molecule has 0 amide bonds. The van der Waals surface area contributed by atoms with Crippen molar-refractivity contribution in [2.24, 2.45) is 0 Å². The van der Waals surface area contributed by atoms with E-state index in [0.717, 1.165) is 57.8 Å². The van der Waals surface area contributed by atoms with E-state index in [4.69, 9.17) is 18.5 Å². The largest absolute Gasteiger partial charge is 0.472 e. The summed E-state index contributed by atoms with van der Waals surface area (Å²) in [5.74, 6) is -0.859. The van der Waals surface area contributed by atoms with Crippen LogP contribution < -0.4 is 0 Å². The second kappa shape index (κ2) is 62.7. The number of carbonyl (C=O) groups is 2. The smallest absolute Gasteiger partial charge is 0.462 e. The van der Waals surface area contributed by atoms with Gasteiger partial charge in [-0.15, -0.1) is 0 Å². The van der Waals surface area contributed by atoms with Gasteiger partial charge < -0.3 is 18.9 Å². The van der Waals surface area contributed by atoms with Gasteiger partial charge in [0.1, 0.15) is 19.8 Å². The number of quaternary nitrogens is 1. The highest BCUT2D eigenvalue weighted by Gasteiger charge is 2.27. The second-order valence-corrected chi connectivity index (χ2v) is 25.6. The summed E-state index contributed by atoms with van der Waals surface area (Å²) in [4.78, 5) is 35.7. The molecule has 82 heavy (non-hydrogen) atoms. The molecule has 0 heterocycles. The van der Waals surface area contributed by atoms with Crippen LogP contribution in [0.1, 0.15) is 309 Å². The summed E-state index contributed by atoms with van der Waals surface area (Å²) in [6.07, 6.45) is 85.9. The van der Waals surface area contributed by atoms with Crippen molar-refractivity contribution in [1.82, 2.24) is 0 Å². The zero-order chi connectivity index (χ0) is 59.8. The van der Waals surface area contributed by atoms with Crippen LogP contribution in [0.4, 0.5) is 0 Å². The average Bonchev–Trinajstić information content (AvgIpc) is 3.46. The van der Waals surface area contributed by atoms with Crippen molar-refractivity contribution in [2.45, 2.75) is 315 Å². The fourth-order valence-corrected chi connectivity index (χ4v) is 10.4. The highest BCUT2D eigenvalue weighted by molar-refractivity contribution is 7.47. The van der Waals surface area contributed by atoms with Gasteiger partial charge in [0.2, 0.25) is 0 Å². The van der Waals surface area contributed by atoms with Crippen molar-refractivity contribution >= 4 is 19.8 Å². The normalized spacial score (nSPS) is 13.7. The lowest BCUT2D eigenvalue weighted by atomic mass is 10.0. The lowest BCUT2D eigenvalue weighted by Crippen LogP contribution is -2.37. The molecule has 0 aromatic heterocycles. The number of esters is 2. The number of unbranched alkanes of at least 4 members (excludes halogenated alkanes) is 35. The number of rotatable bonds is 63. The third-order valence-corrected chi connectivity index (χ3v) is 15.9. The van der Waals surface area contributed by atoms with Crippen LogP contribution in [0.3, 0.4) is 0 Å². The van der Waals surface area contributed by atoms with Gasteiger partial charge in [0.05, 0.1) is 27.7 Å². The van der Waals surface area contributed by atoms with E-state index < -0.39 is 26.5 Å². The molecule has 0 bridgehead atoms. The molecule has 0 radical (unpaired) electrons. The first-order chi connectivity index (χ1) is 40.0. The van der Waals surface area contributed by atoms with E-state index in [-0.39, 0.29) is 32.0 Å². The van der Waals surface area contributed by atoms with E-state index in [1.807, 2.05) is 21.1 Å². The molecule has 0 aromatic rings. The number of hydrogen-bond donors (Lipinski definition) is 1. The molecule has 0 saturated heterocycles. The summed E-state index contributed by atoms with van der Waals surface area (Å²) in [6.45, 7) is 4.26. The highest BCUT2D eigenvalue weighted by atomic mass is 31.2. The molecule has 2 atom stereocenters. The Morgan fingerprint density at radius 3 is 1.07 bits per heavy atom.